The molecule has 1 rings (SSSR count). The summed E-state index contributed by atoms with van der Waals surface area (Å²) in [4.78, 5) is 0. The predicted molar refractivity (Wildman–Crippen MR) is 56.5 cm³/mol. The summed E-state index contributed by atoms with van der Waals surface area (Å²) in [6, 6.07) is 6.58. The van der Waals surface area contributed by atoms with E-state index in [1.807, 2.05) is 0 Å². The molecule has 0 amide bonds. The molecular weight excluding hydrogens is 212 g/mol. The Hall–Kier alpha value is 0.466. The van der Waals surface area contributed by atoms with Gasteiger partial charge in [0.05, 0.1) is 0 Å². The van der Waals surface area contributed by atoms with Gasteiger partial charge in [0.2, 0.25) is 0 Å². The van der Waals surface area contributed by atoms with Crippen LogP contribution in [-0.4, -0.2) is 23.1 Å². The van der Waals surface area contributed by atoms with Crippen LogP contribution in [0, 0.1) is 13.8 Å². The zero-order chi connectivity index (χ0) is 7.56. The second-order valence-corrected chi connectivity index (χ2v) is 3.19. The van der Waals surface area contributed by atoms with Crippen LogP contribution in [0.25, 0.3) is 0 Å². The van der Waals surface area contributed by atoms with Gasteiger partial charge in [0.1, 0.15) is 0 Å². The maximum atomic E-state index is 3.43. The Morgan fingerprint density at radius 3 is 2.00 bits per heavy atom. The van der Waals surface area contributed by atoms with E-state index in [1.165, 1.54) is 16.7 Å². The third-order valence-corrected chi connectivity index (χ3v) is 2.08. The third-order valence-electron chi connectivity index (χ3n) is 1.44. The maximum absolute atomic E-state index is 3.43. The standard InChI is InChI=1S/C9H11Br.Mg.2H/c1-7-3-8(2)5-9(4-7)6-10;;;/h3-5H,6H2,1-2H3;;;/q;+2;2*-1. The van der Waals surface area contributed by atoms with Gasteiger partial charge in [-0.1, -0.05) is 45.3 Å². The molecule has 0 aromatic heterocycles. The zero-order valence-corrected chi connectivity index (χ0v) is 10.0. The Morgan fingerprint density at radius 2 is 1.64 bits per heavy atom. The van der Waals surface area contributed by atoms with Crippen LogP contribution >= 0.6 is 15.9 Å². The van der Waals surface area contributed by atoms with Crippen molar-refractivity contribution in [2.45, 2.75) is 19.2 Å². The van der Waals surface area contributed by atoms with Crippen molar-refractivity contribution in [1.29, 1.82) is 0 Å². The van der Waals surface area contributed by atoms with E-state index in [0.717, 1.165) is 5.33 Å². The van der Waals surface area contributed by atoms with Crippen molar-refractivity contribution in [3.8, 4) is 0 Å². The molecule has 0 aliphatic rings. The monoisotopic (exact) mass is 224 g/mol. The number of hydrogen-bond acceptors (Lipinski definition) is 0. The van der Waals surface area contributed by atoms with Crippen LogP contribution in [-0.2, 0) is 5.33 Å². The molecule has 0 atom stereocenters. The SMILES string of the molecule is Cc1cc(C)cc(CBr)c1.[H-].[H-].[Mg+2]. The Morgan fingerprint density at radius 1 is 1.18 bits per heavy atom. The summed E-state index contributed by atoms with van der Waals surface area (Å²) in [5.41, 5.74) is 4.04. The minimum Gasteiger partial charge on any atom is -1.00 e. The first-order chi connectivity index (χ1) is 4.72. The molecule has 0 radical (unpaired) electrons. The summed E-state index contributed by atoms with van der Waals surface area (Å²) >= 11 is 3.43. The Balaban J connectivity index is -0.000000333. The number of aryl methyl sites for hydroxylation is 2. The first kappa shape index (κ1) is 11.5. The van der Waals surface area contributed by atoms with Crippen molar-refractivity contribution >= 4 is 39.0 Å². The summed E-state index contributed by atoms with van der Waals surface area (Å²) < 4.78 is 0. The molecule has 11 heavy (non-hydrogen) atoms. The van der Waals surface area contributed by atoms with E-state index >= 15 is 0 Å². The average Bonchev–Trinajstić information content (AvgIpc) is 1.85. The van der Waals surface area contributed by atoms with E-state index in [1.54, 1.807) is 0 Å². The Bertz CT molecular complexity index is 221. The van der Waals surface area contributed by atoms with Crippen LogP contribution in [0.3, 0.4) is 0 Å². The summed E-state index contributed by atoms with van der Waals surface area (Å²) in [7, 11) is 0. The zero-order valence-electron chi connectivity index (χ0n) is 9.02. The van der Waals surface area contributed by atoms with E-state index in [-0.39, 0.29) is 25.9 Å². The van der Waals surface area contributed by atoms with Gasteiger partial charge in [0.15, 0.2) is 0 Å². The molecule has 0 unspecified atom stereocenters. The maximum Gasteiger partial charge on any atom is 2.00 e. The molecule has 1 aromatic carbocycles. The van der Waals surface area contributed by atoms with Gasteiger partial charge in [0.25, 0.3) is 0 Å². The van der Waals surface area contributed by atoms with Gasteiger partial charge in [-0.05, 0) is 19.4 Å². The molecule has 0 N–H and O–H groups in total. The number of halogens is 1. The van der Waals surface area contributed by atoms with Crippen molar-refractivity contribution in [2.24, 2.45) is 0 Å². The molecule has 2 heteroatoms. The Kier molecular flexibility index (Phi) is 5.39. The van der Waals surface area contributed by atoms with E-state index in [0.29, 0.717) is 0 Å². The molecule has 0 bridgehead atoms. The van der Waals surface area contributed by atoms with Crippen LogP contribution in [0.1, 0.15) is 19.5 Å². The molecule has 0 saturated heterocycles. The molecule has 0 aliphatic heterocycles. The molecule has 0 saturated carbocycles. The third kappa shape index (κ3) is 3.58. The molecule has 0 spiro atoms. The summed E-state index contributed by atoms with van der Waals surface area (Å²) in [5, 5.41) is 0.954. The second kappa shape index (κ2) is 5.17. The van der Waals surface area contributed by atoms with Crippen LogP contribution in [0.5, 0.6) is 0 Å². The molecule has 0 nitrogen and oxygen atoms in total. The van der Waals surface area contributed by atoms with Crippen LogP contribution < -0.4 is 0 Å². The number of hydrogen-bond donors (Lipinski definition) is 0. The van der Waals surface area contributed by atoms with Crippen molar-refractivity contribution in [3.05, 3.63) is 34.9 Å². The molecule has 58 valence electrons. The Labute approximate surface area is 95.6 Å². The summed E-state index contributed by atoms with van der Waals surface area (Å²) in [6.07, 6.45) is 0. The van der Waals surface area contributed by atoms with Crippen LogP contribution in [0.4, 0.5) is 0 Å². The van der Waals surface area contributed by atoms with Crippen molar-refractivity contribution in [1.82, 2.24) is 0 Å². The van der Waals surface area contributed by atoms with Gasteiger partial charge in [-0.2, -0.15) is 0 Å². The molecule has 0 heterocycles. The van der Waals surface area contributed by atoms with E-state index < -0.39 is 0 Å². The van der Waals surface area contributed by atoms with E-state index in [2.05, 4.69) is 48.0 Å². The predicted octanol–water partition coefficient (Wildman–Crippen LogP) is 3.04. The summed E-state index contributed by atoms with van der Waals surface area (Å²) in [6.45, 7) is 4.25. The molecular formula is C9H13BrMg. The number of alkyl halides is 1. The fraction of sp³-hybridized carbons (Fsp3) is 0.333. The van der Waals surface area contributed by atoms with Gasteiger partial charge in [-0.3, -0.25) is 0 Å². The smallest absolute Gasteiger partial charge is 1.00 e. The van der Waals surface area contributed by atoms with Gasteiger partial charge in [-0.25, -0.2) is 0 Å². The van der Waals surface area contributed by atoms with Gasteiger partial charge in [0, 0.05) is 5.33 Å². The van der Waals surface area contributed by atoms with Crippen LogP contribution in [0.15, 0.2) is 18.2 Å². The van der Waals surface area contributed by atoms with E-state index in [4.69, 9.17) is 0 Å². The summed E-state index contributed by atoms with van der Waals surface area (Å²) in [5.74, 6) is 0. The fourth-order valence-electron chi connectivity index (χ4n) is 1.15. The molecule has 0 fully saturated rings. The first-order valence-electron chi connectivity index (χ1n) is 3.35. The largest absolute Gasteiger partial charge is 2.00 e. The topological polar surface area (TPSA) is 0 Å². The first-order valence-corrected chi connectivity index (χ1v) is 4.47. The van der Waals surface area contributed by atoms with Gasteiger partial charge < -0.3 is 2.85 Å². The van der Waals surface area contributed by atoms with Crippen molar-refractivity contribution < 1.29 is 2.85 Å². The normalized spacial score (nSPS) is 9.00. The number of benzene rings is 1. The van der Waals surface area contributed by atoms with Crippen molar-refractivity contribution in [3.63, 3.8) is 0 Å². The molecule has 0 aliphatic carbocycles. The van der Waals surface area contributed by atoms with Crippen molar-refractivity contribution in [2.75, 3.05) is 0 Å². The second-order valence-electron chi connectivity index (χ2n) is 2.63. The number of rotatable bonds is 1. The minimum atomic E-state index is 0. The minimum absolute atomic E-state index is 0. The van der Waals surface area contributed by atoms with Gasteiger partial charge >= 0.3 is 23.1 Å². The molecule has 1 aromatic rings. The fourth-order valence-corrected chi connectivity index (χ4v) is 1.47. The van der Waals surface area contributed by atoms with Gasteiger partial charge in [-0.15, -0.1) is 0 Å². The van der Waals surface area contributed by atoms with Crippen LogP contribution in [0.2, 0.25) is 0 Å². The quantitative estimate of drug-likeness (QED) is 0.509. The average molecular weight is 225 g/mol. The van der Waals surface area contributed by atoms with E-state index in [9.17, 15) is 0 Å².